The number of H-pyrrole nitrogens is 1. The second kappa shape index (κ2) is 9.15. The van der Waals surface area contributed by atoms with Gasteiger partial charge in [0.05, 0.1) is 0 Å². The first-order valence-electron chi connectivity index (χ1n) is 8.61. The zero-order valence-electron chi connectivity index (χ0n) is 14.7. The SMILES string of the molecule is O=C(NCCc1ccncc1)/C(=C/c1ccc[nH]1)NC(=O)c1ccccc1. The highest BCUT2D eigenvalue weighted by Gasteiger charge is 2.14. The molecule has 0 unspecified atom stereocenters. The van der Waals surface area contributed by atoms with Crippen molar-refractivity contribution in [3.8, 4) is 0 Å². The third kappa shape index (κ3) is 5.40. The molecule has 0 bridgehead atoms. The maximum absolute atomic E-state index is 12.6. The highest BCUT2D eigenvalue weighted by molar-refractivity contribution is 6.05. The molecule has 0 aliphatic carbocycles. The molecule has 2 heterocycles. The Morgan fingerprint density at radius 2 is 1.78 bits per heavy atom. The molecule has 3 N–H and O–H groups in total. The number of rotatable bonds is 7. The number of benzene rings is 1. The number of hydrogen-bond acceptors (Lipinski definition) is 3. The Balaban J connectivity index is 1.68. The molecule has 3 rings (SSSR count). The standard InChI is InChI=1S/C21H20N4O2/c26-20(17-5-2-1-3-6-17)25-19(15-18-7-4-11-23-18)21(27)24-14-10-16-8-12-22-13-9-16/h1-9,11-13,15,23H,10,14H2,(H,24,27)(H,25,26)/b19-15-. The van der Waals surface area contributed by atoms with Crippen molar-refractivity contribution in [3.05, 3.63) is 95.7 Å². The van der Waals surface area contributed by atoms with Crippen LogP contribution in [0.2, 0.25) is 0 Å². The van der Waals surface area contributed by atoms with Crippen LogP contribution >= 0.6 is 0 Å². The fraction of sp³-hybridized carbons (Fsp3) is 0.0952. The first-order valence-corrected chi connectivity index (χ1v) is 8.61. The van der Waals surface area contributed by atoms with E-state index in [2.05, 4.69) is 20.6 Å². The first kappa shape index (κ1) is 18.1. The van der Waals surface area contributed by atoms with Crippen molar-refractivity contribution in [3.63, 3.8) is 0 Å². The van der Waals surface area contributed by atoms with Crippen LogP contribution in [0.4, 0.5) is 0 Å². The minimum atomic E-state index is -0.345. The summed E-state index contributed by atoms with van der Waals surface area (Å²) in [4.78, 5) is 32.0. The minimum absolute atomic E-state index is 0.182. The molecule has 2 amide bonds. The second-order valence-corrected chi connectivity index (χ2v) is 5.86. The van der Waals surface area contributed by atoms with Crippen molar-refractivity contribution < 1.29 is 9.59 Å². The van der Waals surface area contributed by atoms with E-state index in [0.717, 1.165) is 11.3 Å². The van der Waals surface area contributed by atoms with E-state index in [1.54, 1.807) is 48.9 Å². The van der Waals surface area contributed by atoms with Crippen LogP contribution in [0.3, 0.4) is 0 Å². The Morgan fingerprint density at radius 1 is 1.00 bits per heavy atom. The second-order valence-electron chi connectivity index (χ2n) is 5.86. The molecular weight excluding hydrogens is 340 g/mol. The van der Waals surface area contributed by atoms with Gasteiger partial charge in [-0.3, -0.25) is 14.6 Å². The van der Waals surface area contributed by atoms with Crippen molar-refractivity contribution in [2.45, 2.75) is 6.42 Å². The van der Waals surface area contributed by atoms with E-state index >= 15 is 0 Å². The molecular formula is C21H20N4O2. The number of aromatic amines is 1. The molecule has 0 aliphatic heterocycles. The quantitative estimate of drug-likeness (QED) is 0.566. The van der Waals surface area contributed by atoms with Crippen LogP contribution in [-0.4, -0.2) is 28.3 Å². The van der Waals surface area contributed by atoms with Gasteiger partial charge in [-0.15, -0.1) is 0 Å². The van der Waals surface area contributed by atoms with Crippen molar-refractivity contribution in [1.29, 1.82) is 0 Å². The molecule has 6 nitrogen and oxygen atoms in total. The van der Waals surface area contributed by atoms with E-state index in [9.17, 15) is 9.59 Å². The Morgan fingerprint density at radius 3 is 2.48 bits per heavy atom. The largest absolute Gasteiger partial charge is 0.362 e. The fourth-order valence-electron chi connectivity index (χ4n) is 2.50. The lowest BCUT2D eigenvalue weighted by Gasteiger charge is -2.11. The number of carbonyl (C=O) groups excluding carboxylic acids is 2. The van der Waals surface area contributed by atoms with Gasteiger partial charge >= 0.3 is 0 Å². The smallest absolute Gasteiger partial charge is 0.267 e. The number of amides is 2. The molecule has 136 valence electrons. The third-order valence-corrected chi connectivity index (χ3v) is 3.90. The van der Waals surface area contributed by atoms with Crippen LogP contribution in [0, 0.1) is 0 Å². The topological polar surface area (TPSA) is 86.9 Å². The normalized spacial score (nSPS) is 11.0. The summed E-state index contributed by atoms with van der Waals surface area (Å²) in [5.41, 5.74) is 2.47. The lowest BCUT2D eigenvalue weighted by atomic mass is 10.2. The van der Waals surface area contributed by atoms with Gasteiger partial charge in [-0.2, -0.15) is 0 Å². The molecule has 3 aromatic rings. The summed E-state index contributed by atoms with van der Waals surface area (Å²) in [6.07, 6.45) is 7.48. The van der Waals surface area contributed by atoms with Gasteiger partial charge < -0.3 is 15.6 Å². The molecule has 6 heteroatoms. The Labute approximate surface area is 157 Å². The van der Waals surface area contributed by atoms with Crippen molar-refractivity contribution >= 4 is 17.9 Å². The van der Waals surface area contributed by atoms with Crippen molar-refractivity contribution in [1.82, 2.24) is 20.6 Å². The molecule has 0 saturated carbocycles. The number of hydrogen-bond donors (Lipinski definition) is 3. The van der Waals surface area contributed by atoms with E-state index in [4.69, 9.17) is 0 Å². The van der Waals surface area contributed by atoms with E-state index in [1.807, 2.05) is 30.3 Å². The van der Waals surface area contributed by atoms with Gasteiger partial charge in [-0.05, 0) is 54.5 Å². The van der Waals surface area contributed by atoms with Gasteiger partial charge in [0.2, 0.25) is 0 Å². The van der Waals surface area contributed by atoms with Gasteiger partial charge in [0.25, 0.3) is 11.8 Å². The van der Waals surface area contributed by atoms with Gasteiger partial charge in [-0.25, -0.2) is 0 Å². The molecule has 0 spiro atoms. The minimum Gasteiger partial charge on any atom is -0.362 e. The van der Waals surface area contributed by atoms with Crippen LogP contribution in [0.25, 0.3) is 6.08 Å². The summed E-state index contributed by atoms with van der Waals surface area (Å²) in [7, 11) is 0. The van der Waals surface area contributed by atoms with Crippen molar-refractivity contribution in [2.75, 3.05) is 6.54 Å². The average Bonchev–Trinajstić information content (AvgIpc) is 3.22. The highest BCUT2D eigenvalue weighted by atomic mass is 16.2. The summed E-state index contributed by atoms with van der Waals surface area (Å²) in [5.74, 6) is -0.680. The summed E-state index contributed by atoms with van der Waals surface area (Å²) < 4.78 is 0. The predicted molar refractivity (Wildman–Crippen MR) is 104 cm³/mol. The zero-order chi connectivity index (χ0) is 18.9. The number of carbonyl (C=O) groups is 2. The molecule has 0 saturated heterocycles. The van der Waals surface area contributed by atoms with Crippen LogP contribution in [-0.2, 0) is 11.2 Å². The summed E-state index contributed by atoms with van der Waals surface area (Å²) in [5, 5.41) is 5.54. The maximum atomic E-state index is 12.6. The Hall–Kier alpha value is -3.67. The van der Waals surface area contributed by atoms with Gasteiger partial charge in [0.15, 0.2) is 0 Å². The van der Waals surface area contributed by atoms with E-state index < -0.39 is 0 Å². The number of aromatic nitrogens is 2. The number of pyridine rings is 1. The predicted octanol–water partition coefficient (Wildman–Crippen LogP) is 2.54. The molecule has 27 heavy (non-hydrogen) atoms. The van der Waals surface area contributed by atoms with Gasteiger partial charge in [-0.1, -0.05) is 18.2 Å². The number of nitrogens with zero attached hydrogens (tertiary/aromatic N) is 1. The highest BCUT2D eigenvalue weighted by Crippen LogP contribution is 2.06. The molecule has 1 aromatic carbocycles. The molecule has 2 aromatic heterocycles. The fourth-order valence-corrected chi connectivity index (χ4v) is 2.50. The van der Waals surface area contributed by atoms with E-state index in [0.29, 0.717) is 18.5 Å². The third-order valence-electron chi connectivity index (χ3n) is 3.90. The molecule has 0 atom stereocenters. The van der Waals surface area contributed by atoms with Gasteiger partial charge in [0, 0.05) is 36.4 Å². The van der Waals surface area contributed by atoms with Crippen LogP contribution in [0.1, 0.15) is 21.6 Å². The van der Waals surface area contributed by atoms with E-state index in [1.165, 1.54) is 0 Å². The lowest BCUT2D eigenvalue weighted by Crippen LogP contribution is -2.35. The van der Waals surface area contributed by atoms with Crippen LogP contribution in [0.5, 0.6) is 0 Å². The monoisotopic (exact) mass is 360 g/mol. The molecule has 0 aliphatic rings. The summed E-state index contributed by atoms with van der Waals surface area (Å²) in [6, 6.07) is 16.2. The van der Waals surface area contributed by atoms with Crippen LogP contribution < -0.4 is 10.6 Å². The van der Waals surface area contributed by atoms with Crippen molar-refractivity contribution in [2.24, 2.45) is 0 Å². The Bertz CT molecular complexity index is 904. The first-order chi connectivity index (χ1) is 13.2. The van der Waals surface area contributed by atoms with Gasteiger partial charge in [0.1, 0.15) is 5.70 Å². The summed E-state index contributed by atoms with van der Waals surface area (Å²) >= 11 is 0. The average molecular weight is 360 g/mol. The van der Waals surface area contributed by atoms with E-state index in [-0.39, 0.29) is 17.5 Å². The van der Waals surface area contributed by atoms with Crippen LogP contribution in [0.15, 0.2) is 78.9 Å². The molecule has 0 fully saturated rings. The Kier molecular flexibility index (Phi) is 6.14. The maximum Gasteiger partial charge on any atom is 0.267 e. The number of nitrogens with one attached hydrogen (secondary N) is 3. The summed E-state index contributed by atoms with van der Waals surface area (Å²) in [6.45, 7) is 0.451. The lowest BCUT2D eigenvalue weighted by molar-refractivity contribution is -0.117. The molecule has 0 radical (unpaired) electrons. The zero-order valence-corrected chi connectivity index (χ0v) is 14.7.